The fourth-order valence-electron chi connectivity index (χ4n) is 4.10. The first-order valence-electron chi connectivity index (χ1n) is 11.0. The first-order valence-corrected chi connectivity index (χ1v) is 11.4. The zero-order valence-corrected chi connectivity index (χ0v) is 19.8. The molecule has 1 heterocycles. The number of anilines is 2. The van der Waals surface area contributed by atoms with Gasteiger partial charge in [-0.15, -0.1) is 0 Å². The third kappa shape index (κ3) is 4.49. The van der Waals surface area contributed by atoms with E-state index < -0.39 is 5.97 Å². The van der Waals surface area contributed by atoms with Gasteiger partial charge in [-0.05, 0) is 73.2 Å². The van der Waals surface area contributed by atoms with E-state index in [-0.39, 0.29) is 22.5 Å². The molecule has 1 aliphatic heterocycles. The van der Waals surface area contributed by atoms with Gasteiger partial charge in [-0.1, -0.05) is 23.8 Å². The number of aromatic hydroxyl groups is 1. The number of carbonyl (C=O) groups is 1. The van der Waals surface area contributed by atoms with Crippen LogP contribution in [-0.4, -0.2) is 21.3 Å². The zero-order valence-electron chi connectivity index (χ0n) is 19.0. The molecule has 178 valence electrons. The van der Waals surface area contributed by atoms with Crippen LogP contribution in [0, 0.1) is 6.92 Å². The third-order valence-electron chi connectivity index (χ3n) is 5.76. The summed E-state index contributed by atoms with van der Waals surface area (Å²) >= 11 is 5.40. The summed E-state index contributed by atoms with van der Waals surface area (Å²) in [4.78, 5) is 24.3. The fraction of sp³-hybridized carbons (Fsp3) is 0.0357. The standard InChI is InChI=1S/C28H20N2O5S/c1-15-2-4-16(5-3-15)29-28(36)30-17-6-9-20(23(12-17)27(33)34)26-21-10-7-18(31)13-24(21)35-25-14-19(32)8-11-22(25)26/h2-14,31H,1H3,(H,33,34)(H2,29,30,36). The van der Waals surface area contributed by atoms with Crippen LogP contribution in [0.5, 0.6) is 5.75 Å². The predicted molar refractivity (Wildman–Crippen MR) is 144 cm³/mol. The predicted octanol–water partition coefficient (Wildman–Crippen LogP) is 6.09. The number of carboxylic acids is 1. The molecule has 2 aliphatic rings. The molecule has 0 radical (unpaired) electrons. The number of carboxylic acid groups (broad SMARTS) is 1. The second-order valence-corrected chi connectivity index (χ2v) is 8.73. The Morgan fingerprint density at radius 3 is 2.31 bits per heavy atom. The van der Waals surface area contributed by atoms with Gasteiger partial charge in [0, 0.05) is 40.0 Å². The molecule has 0 atom stereocenters. The maximum Gasteiger partial charge on any atom is 0.336 e. The Bertz CT molecular complexity index is 1670. The number of nitrogens with one attached hydrogen (secondary N) is 2. The largest absolute Gasteiger partial charge is 0.508 e. The molecule has 8 heteroatoms. The number of phenolic OH excluding ortho intramolecular Hbond substituents is 1. The average molecular weight is 497 g/mol. The van der Waals surface area contributed by atoms with E-state index in [9.17, 15) is 19.8 Å². The summed E-state index contributed by atoms with van der Waals surface area (Å²) in [5, 5.41) is 27.1. The SMILES string of the molecule is Cc1ccc(NC(=S)Nc2ccc(-c3c4ccc(=O)cc-4oc4cc(O)ccc34)c(C(=O)O)c2)cc1. The molecule has 1 aliphatic carbocycles. The van der Waals surface area contributed by atoms with Crippen molar-refractivity contribution in [2.24, 2.45) is 0 Å². The van der Waals surface area contributed by atoms with Crippen LogP contribution < -0.4 is 16.1 Å². The minimum Gasteiger partial charge on any atom is -0.508 e. The highest BCUT2D eigenvalue weighted by atomic mass is 32.1. The number of rotatable bonds is 4. The highest BCUT2D eigenvalue weighted by Crippen LogP contribution is 2.42. The van der Waals surface area contributed by atoms with Crippen molar-refractivity contribution in [2.75, 3.05) is 10.6 Å². The van der Waals surface area contributed by atoms with E-state index in [2.05, 4.69) is 10.6 Å². The van der Waals surface area contributed by atoms with E-state index in [0.29, 0.717) is 38.5 Å². The smallest absolute Gasteiger partial charge is 0.336 e. The number of aromatic carboxylic acids is 1. The van der Waals surface area contributed by atoms with E-state index in [1.54, 1.807) is 24.3 Å². The molecule has 0 bridgehead atoms. The van der Waals surface area contributed by atoms with Crippen LogP contribution in [0.15, 0.2) is 88.1 Å². The summed E-state index contributed by atoms with van der Waals surface area (Å²) in [5.41, 5.74) is 4.12. The van der Waals surface area contributed by atoms with Gasteiger partial charge in [-0.25, -0.2) is 4.79 Å². The number of benzene rings is 4. The molecule has 0 spiro atoms. The van der Waals surface area contributed by atoms with Crippen LogP contribution in [0.1, 0.15) is 15.9 Å². The molecular formula is C28H20N2O5S. The molecule has 0 saturated carbocycles. The Hall–Kier alpha value is -4.69. The lowest BCUT2D eigenvalue weighted by atomic mass is 9.90. The van der Waals surface area contributed by atoms with Crippen molar-refractivity contribution in [3.8, 4) is 28.2 Å². The normalized spacial score (nSPS) is 10.9. The Kier molecular flexibility index (Phi) is 5.87. The van der Waals surface area contributed by atoms with E-state index in [1.807, 2.05) is 31.2 Å². The first kappa shape index (κ1) is 23.1. The molecule has 3 aromatic rings. The van der Waals surface area contributed by atoms with Crippen LogP contribution in [0.4, 0.5) is 11.4 Å². The average Bonchev–Trinajstić information content (AvgIpc) is 2.84. The van der Waals surface area contributed by atoms with E-state index in [1.165, 1.54) is 30.3 Å². The molecule has 4 N–H and O–H groups in total. The number of fused-ring (bicyclic) bond motifs is 2. The van der Waals surface area contributed by atoms with Gasteiger partial charge in [0.05, 0.1) is 5.56 Å². The van der Waals surface area contributed by atoms with Crippen LogP contribution >= 0.6 is 12.2 Å². The lowest BCUT2D eigenvalue weighted by Crippen LogP contribution is -2.19. The van der Waals surface area contributed by atoms with Crippen LogP contribution in [-0.2, 0) is 0 Å². The number of aryl methyl sites for hydroxylation is 1. The second kappa shape index (κ2) is 9.16. The maximum atomic E-state index is 12.3. The van der Waals surface area contributed by atoms with Gasteiger partial charge in [0.15, 0.2) is 10.5 Å². The van der Waals surface area contributed by atoms with Gasteiger partial charge < -0.3 is 25.3 Å². The molecule has 7 nitrogen and oxygen atoms in total. The van der Waals surface area contributed by atoms with Crippen molar-refractivity contribution < 1.29 is 19.4 Å². The maximum absolute atomic E-state index is 12.3. The van der Waals surface area contributed by atoms with Gasteiger partial charge >= 0.3 is 5.97 Å². The number of hydrogen-bond acceptors (Lipinski definition) is 5. The number of thiocarbonyl (C=S) groups is 1. The van der Waals surface area contributed by atoms with Crippen molar-refractivity contribution in [3.63, 3.8) is 0 Å². The minimum atomic E-state index is -1.13. The van der Waals surface area contributed by atoms with Crippen molar-refractivity contribution in [3.05, 3.63) is 100 Å². The van der Waals surface area contributed by atoms with Gasteiger partial charge in [0.25, 0.3) is 0 Å². The third-order valence-corrected chi connectivity index (χ3v) is 5.97. The molecule has 0 amide bonds. The van der Waals surface area contributed by atoms with E-state index in [0.717, 1.165) is 11.3 Å². The summed E-state index contributed by atoms with van der Waals surface area (Å²) in [6.07, 6.45) is 0. The van der Waals surface area contributed by atoms with Crippen molar-refractivity contribution >= 4 is 45.6 Å². The van der Waals surface area contributed by atoms with Gasteiger partial charge in [0.2, 0.25) is 0 Å². The fourth-order valence-corrected chi connectivity index (χ4v) is 4.33. The summed E-state index contributed by atoms with van der Waals surface area (Å²) in [5.74, 6) is -0.854. The van der Waals surface area contributed by atoms with Gasteiger partial charge in [-0.2, -0.15) is 0 Å². The number of hydrogen-bond donors (Lipinski definition) is 4. The summed E-state index contributed by atoms with van der Waals surface area (Å²) in [6, 6.07) is 21.6. The van der Waals surface area contributed by atoms with Crippen LogP contribution in [0.25, 0.3) is 33.4 Å². The second-order valence-electron chi connectivity index (χ2n) is 8.33. The number of phenols is 1. The van der Waals surface area contributed by atoms with Crippen molar-refractivity contribution in [1.29, 1.82) is 0 Å². The molecule has 0 saturated heterocycles. The minimum absolute atomic E-state index is 0.0116. The zero-order chi connectivity index (χ0) is 25.4. The van der Waals surface area contributed by atoms with Gasteiger partial charge in [0.1, 0.15) is 17.1 Å². The molecule has 3 aromatic carbocycles. The van der Waals surface area contributed by atoms with Gasteiger partial charge in [-0.3, -0.25) is 4.79 Å². The summed E-state index contributed by atoms with van der Waals surface area (Å²) < 4.78 is 5.87. The topological polar surface area (TPSA) is 112 Å². The highest BCUT2D eigenvalue weighted by molar-refractivity contribution is 7.80. The van der Waals surface area contributed by atoms with E-state index in [4.69, 9.17) is 16.6 Å². The lowest BCUT2D eigenvalue weighted by Gasteiger charge is -2.18. The quantitative estimate of drug-likeness (QED) is 0.175. The Balaban J connectivity index is 1.60. The first-order chi connectivity index (χ1) is 17.3. The van der Waals surface area contributed by atoms with Crippen molar-refractivity contribution in [1.82, 2.24) is 0 Å². The molecule has 5 rings (SSSR count). The van der Waals surface area contributed by atoms with Crippen LogP contribution in [0.3, 0.4) is 0 Å². The van der Waals surface area contributed by atoms with Crippen LogP contribution in [0.2, 0.25) is 0 Å². The molecule has 0 fully saturated rings. The molecule has 0 unspecified atom stereocenters. The Morgan fingerprint density at radius 2 is 1.56 bits per heavy atom. The summed E-state index contributed by atoms with van der Waals surface area (Å²) in [6.45, 7) is 1.99. The summed E-state index contributed by atoms with van der Waals surface area (Å²) in [7, 11) is 0. The Morgan fingerprint density at radius 1 is 0.861 bits per heavy atom. The molecular weight excluding hydrogens is 476 g/mol. The van der Waals surface area contributed by atoms with Crippen molar-refractivity contribution in [2.45, 2.75) is 6.92 Å². The monoisotopic (exact) mass is 496 g/mol. The Labute approximate surface area is 211 Å². The highest BCUT2D eigenvalue weighted by Gasteiger charge is 2.22. The lowest BCUT2D eigenvalue weighted by molar-refractivity contribution is 0.0697. The van der Waals surface area contributed by atoms with E-state index >= 15 is 0 Å². The molecule has 36 heavy (non-hydrogen) atoms. The molecule has 0 aromatic heterocycles.